The van der Waals surface area contributed by atoms with Gasteiger partial charge in [-0.3, -0.25) is 9.80 Å². The average Bonchev–Trinajstić information content (AvgIpc) is 2.90. The maximum Gasteiger partial charge on any atom is 0.491 e. The lowest BCUT2D eigenvalue weighted by Crippen LogP contribution is -2.37. The van der Waals surface area contributed by atoms with E-state index in [2.05, 4.69) is 23.6 Å². The largest absolute Gasteiger partial charge is 0.491 e. The summed E-state index contributed by atoms with van der Waals surface area (Å²) < 4.78 is 13.5. The van der Waals surface area contributed by atoms with E-state index in [0.717, 1.165) is 44.7 Å². The number of nitrogens with zero attached hydrogens (tertiary/aromatic N) is 2. The molecular formula is C15H24BFN2O2. The molecule has 6 heteroatoms. The molecule has 4 nitrogen and oxygen atoms in total. The Kier molecular flexibility index (Phi) is 5.76. The molecule has 1 aromatic rings. The van der Waals surface area contributed by atoms with E-state index >= 15 is 0 Å². The molecule has 0 saturated carbocycles. The summed E-state index contributed by atoms with van der Waals surface area (Å²) >= 11 is 0. The SMILES string of the molecule is CCN(CC)C1CCN(Cc2ccc(F)c(B(O)O)c2)C1. The number of halogens is 1. The highest BCUT2D eigenvalue weighted by Gasteiger charge is 2.26. The molecule has 1 unspecified atom stereocenters. The van der Waals surface area contributed by atoms with Crippen molar-refractivity contribution in [3.05, 3.63) is 29.6 Å². The van der Waals surface area contributed by atoms with Gasteiger partial charge in [0.2, 0.25) is 0 Å². The van der Waals surface area contributed by atoms with E-state index in [0.29, 0.717) is 6.04 Å². The first kappa shape index (κ1) is 16.4. The van der Waals surface area contributed by atoms with Crippen molar-refractivity contribution in [1.29, 1.82) is 0 Å². The minimum absolute atomic E-state index is 0.0491. The van der Waals surface area contributed by atoms with Crippen molar-refractivity contribution in [2.45, 2.75) is 32.9 Å². The average molecular weight is 294 g/mol. The zero-order valence-corrected chi connectivity index (χ0v) is 12.8. The van der Waals surface area contributed by atoms with Crippen LogP contribution >= 0.6 is 0 Å². The summed E-state index contributed by atoms with van der Waals surface area (Å²) in [4.78, 5) is 4.80. The van der Waals surface area contributed by atoms with E-state index in [1.807, 2.05) is 0 Å². The van der Waals surface area contributed by atoms with Gasteiger partial charge < -0.3 is 10.0 Å². The number of rotatable bonds is 6. The lowest BCUT2D eigenvalue weighted by atomic mass is 9.79. The van der Waals surface area contributed by atoms with Crippen LogP contribution in [0.2, 0.25) is 0 Å². The van der Waals surface area contributed by atoms with Crippen LogP contribution in [0.3, 0.4) is 0 Å². The lowest BCUT2D eigenvalue weighted by Gasteiger charge is -2.26. The second-order valence-electron chi connectivity index (χ2n) is 5.63. The molecule has 0 aliphatic carbocycles. The summed E-state index contributed by atoms with van der Waals surface area (Å²) in [6, 6.07) is 5.15. The number of hydrogen-bond donors (Lipinski definition) is 2. The molecule has 0 radical (unpaired) electrons. The molecule has 0 bridgehead atoms. The molecular weight excluding hydrogens is 270 g/mol. The van der Waals surface area contributed by atoms with Crippen LogP contribution in [0, 0.1) is 5.82 Å². The summed E-state index contributed by atoms with van der Waals surface area (Å²) in [5, 5.41) is 18.3. The van der Waals surface area contributed by atoms with Crippen LogP contribution in [-0.4, -0.2) is 59.2 Å². The fourth-order valence-electron chi connectivity index (χ4n) is 3.14. The maximum absolute atomic E-state index is 13.5. The second-order valence-corrected chi connectivity index (χ2v) is 5.63. The van der Waals surface area contributed by atoms with Gasteiger partial charge in [0, 0.05) is 31.1 Å². The van der Waals surface area contributed by atoms with E-state index in [1.54, 1.807) is 12.1 Å². The zero-order chi connectivity index (χ0) is 15.4. The Morgan fingerprint density at radius 3 is 2.67 bits per heavy atom. The molecule has 0 aromatic heterocycles. The fraction of sp³-hybridized carbons (Fsp3) is 0.600. The minimum Gasteiger partial charge on any atom is -0.423 e. The predicted octanol–water partition coefficient (Wildman–Crippen LogP) is 0.422. The molecule has 21 heavy (non-hydrogen) atoms. The molecule has 1 aliphatic rings. The van der Waals surface area contributed by atoms with Gasteiger partial charge in [-0.25, -0.2) is 4.39 Å². The van der Waals surface area contributed by atoms with Gasteiger partial charge in [0.1, 0.15) is 5.82 Å². The van der Waals surface area contributed by atoms with E-state index in [4.69, 9.17) is 10.0 Å². The van der Waals surface area contributed by atoms with Gasteiger partial charge in [-0.15, -0.1) is 0 Å². The fourth-order valence-corrected chi connectivity index (χ4v) is 3.14. The van der Waals surface area contributed by atoms with Crippen LogP contribution in [0.4, 0.5) is 4.39 Å². The molecule has 1 aromatic carbocycles. The first-order valence-electron chi connectivity index (χ1n) is 7.66. The van der Waals surface area contributed by atoms with Crippen LogP contribution in [0.15, 0.2) is 18.2 Å². The van der Waals surface area contributed by atoms with Gasteiger partial charge in [-0.2, -0.15) is 0 Å². The van der Waals surface area contributed by atoms with E-state index in [-0.39, 0.29) is 5.46 Å². The summed E-state index contributed by atoms with van der Waals surface area (Å²) in [6.45, 7) is 9.24. The van der Waals surface area contributed by atoms with Crippen molar-refractivity contribution in [3.63, 3.8) is 0 Å². The smallest absolute Gasteiger partial charge is 0.423 e. The second kappa shape index (κ2) is 7.36. The van der Waals surface area contributed by atoms with Crippen molar-refractivity contribution < 1.29 is 14.4 Å². The van der Waals surface area contributed by atoms with Crippen LogP contribution in [0.1, 0.15) is 25.8 Å². The standard InChI is InChI=1S/C15H24BFN2O2/c1-3-19(4-2)13-7-8-18(11-13)10-12-5-6-15(17)14(9-12)16(20)21/h5-6,9,13,20-21H,3-4,7-8,10-11H2,1-2H3. The lowest BCUT2D eigenvalue weighted by molar-refractivity contribution is 0.209. The Labute approximate surface area is 126 Å². The third-order valence-electron chi connectivity index (χ3n) is 4.32. The summed E-state index contributed by atoms with van der Waals surface area (Å²) in [5.41, 5.74) is 0.867. The Hall–Kier alpha value is -0.945. The first-order valence-corrected chi connectivity index (χ1v) is 7.66. The van der Waals surface area contributed by atoms with E-state index in [9.17, 15) is 4.39 Å². The summed E-state index contributed by atoms with van der Waals surface area (Å²) in [6.07, 6.45) is 1.15. The van der Waals surface area contributed by atoms with Crippen LogP contribution in [0.25, 0.3) is 0 Å². The normalized spacial score (nSPS) is 19.4. The first-order chi connectivity index (χ1) is 10.0. The highest BCUT2D eigenvalue weighted by atomic mass is 19.1. The Morgan fingerprint density at radius 1 is 1.33 bits per heavy atom. The molecule has 0 amide bonds. The topological polar surface area (TPSA) is 46.9 Å². The molecule has 1 atom stereocenters. The minimum atomic E-state index is -1.76. The molecule has 2 rings (SSSR count). The van der Waals surface area contributed by atoms with E-state index < -0.39 is 12.9 Å². The van der Waals surface area contributed by atoms with Gasteiger partial charge in [0.15, 0.2) is 0 Å². The van der Waals surface area contributed by atoms with Crippen molar-refractivity contribution in [1.82, 2.24) is 9.80 Å². The molecule has 0 spiro atoms. The predicted molar refractivity (Wildman–Crippen MR) is 82.8 cm³/mol. The number of benzene rings is 1. The quantitative estimate of drug-likeness (QED) is 0.747. The summed E-state index contributed by atoms with van der Waals surface area (Å²) in [7, 11) is -1.76. The molecule has 1 aliphatic heterocycles. The Morgan fingerprint density at radius 2 is 2.05 bits per heavy atom. The molecule has 1 heterocycles. The van der Waals surface area contributed by atoms with Crippen molar-refractivity contribution in [3.8, 4) is 0 Å². The van der Waals surface area contributed by atoms with Gasteiger partial charge in [0.25, 0.3) is 0 Å². The third-order valence-corrected chi connectivity index (χ3v) is 4.32. The Bertz CT molecular complexity index is 469. The van der Waals surface area contributed by atoms with Crippen LogP contribution in [-0.2, 0) is 6.54 Å². The number of likely N-dealkylation sites (tertiary alicyclic amines) is 1. The molecule has 1 fully saturated rings. The van der Waals surface area contributed by atoms with Crippen molar-refractivity contribution in [2.24, 2.45) is 0 Å². The van der Waals surface area contributed by atoms with Gasteiger partial charge in [-0.1, -0.05) is 26.0 Å². The Balaban J connectivity index is 1.99. The summed E-state index contributed by atoms with van der Waals surface area (Å²) in [5.74, 6) is -0.573. The highest BCUT2D eigenvalue weighted by Crippen LogP contribution is 2.18. The highest BCUT2D eigenvalue weighted by molar-refractivity contribution is 6.58. The number of likely N-dealkylation sites (N-methyl/N-ethyl adjacent to an activating group) is 1. The molecule has 1 saturated heterocycles. The van der Waals surface area contributed by atoms with Gasteiger partial charge in [-0.05, 0) is 31.1 Å². The number of hydrogen-bond acceptors (Lipinski definition) is 4. The van der Waals surface area contributed by atoms with Gasteiger partial charge in [0.05, 0.1) is 0 Å². The third kappa shape index (κ3) is 4.04. The van der Waals surface area contributed by atoms with Crippen LogP contribution in [0.5, 0.6) is 0 Å². The monoisotopic (exact) mass is 294 g/mol. The van der Waals surface area contributed by atoms with Crippen molar-refractivity contribution in [2.75, 3.05) is 26.2 Å². The zero-order valence-electron chi connectivity index (χ0n) is 12.8. The molecule has 116 valence electrons. The maximum atomic E-state index is 13.5. The van der Waals surface area contributed by atoms with Crippen LogP contribution < -0.4 is 5.46 Å². The van der Waals surface area contributed by atoms with E-state index in [1.165, 1.54) is 6.07 Å². The van der Waals surface area contributed by atoms with Gasteiger partial charge >= 0.3 is 7.12 Å². The van der Waals surface area contributed by atoms with Crippen molar-refractivity contribution >= 4 is 12.6 Å². The molecule has 2 N–H and O–H groups in total.